The molecule has 0 bridgehead atoms. The SMILES string of the molecule is CC(C)(C)OC(=O)N[C@H]1CCN(c2ccc(B3OC(C)(C)C(C)(C)O3)cn2)C1=O. The Balaban J connectivity index is 1.64. The van der Waals surface area contributed by atoms with Gasteiger partial charge in [-0.15, -0.1) is 0 Å². The first-order chi connectivity index (χ1) is 13.3. The third kappa shape index (κ3) is 4.56. The number of ether oxygens (including phenoxy) is 1. The first kappa shape index (κ1) is 21.6. The fraction of sp³-hybridized carbons (Fsp3) is 0.650. The summed E-state index contributed by atoms with van der Waals surface area (Å²) >= 11 is 0. The Kier molecular flexibility index (Phi) is 5.42. The van der Waals surface area contributed by atoms with Gasteiger partial charge in [-0.2, -0.15) is 0 Å². The van der Waals surface area contributed by atoms with Crippen molar-refractivity contribution < 1.29 is 23.6 Å². The van der Waals surface area contributed by atoms with Gasteiger partial charge in [-0.1, -0.05) is 6.07 Å². The van der Waals surface area contributed by atoms with E-state index in [4.69, 9.17) is 14.0 Å². The van der Waals surface area contributed by atoms with E-state index in [-0.39, 0.29) is 5.91 Å². The second-order valence-corrected chi connectivity index (χ2v) is 9.52. The molecule has 2 amide bonds. The third-order valence-electron chi connectivity index (χ3n) is 5.47. The number of aromatic nitrogens is 1. The average molecular weight is 403 g/mol. The van der Waals surface area contributed by atoms with Crippen LogP contribution in [0.1, 0.15) is 54.9 Å². The number of carbonyl (C=O) groups is 2. The number of hydrogen-bond acceptors (Lipinski definition) is 6. The van der Waals surface area contributed by atoms with E-state index in [2.05, 4.69) is 10.3 Å². The molecule has 0 spiro atoms. The maximum Gasteiger partial charge on any atom is 0.496 e. The minimum atomic E-state index is -0.616. The Labute approximate surface area is 172 Å². The largest absolute Gasteiger partial charge is 0.496 e. The van der Waals surface area contributed by atoms with E-state index in [9.17, 15) is 9.59 Å². The molecule has 3 rings (SSSR count). The molecular formula is C20H30BN3O5. The van der Waals surface area contributed by atoms with Gasteiger partial charge in [0.15, 0.2) is 0 Å². The molecule has 2 aliphatic rings. The predicted molar refractivity (Wildman–Crippen MR) is 110 cm³/mol. The molecule has 2 fully saturated rings. The molecule has 1 N–H and O–H groups in total. The Morgan fingerprint density at radius 3 is 2.38 bits per heavy atom. The minimum absolute atomic E-state index is 0.202. The van der Waals surface area contributed by atoms with Crippen LogP contribution in [0.4, 0.5) is 10.6 Å². The topological polar surface area (TPSA) is 90.0 Å². The summed E-state index contributed by atoms with van der Waals surface area (Å²) in [6.45, 7) is 13.8. The van der Waals surface area contributed by atoms with Crippen LogP contribution in [0.5, 0.6) is 0 Å². The Bertz CT molecular complexity index is 772. The molecule has 1 atom stereocenters. The molecule has 0 saturated carbocycles. The number of alkyl carbamates (subject to hydrolysis) is 1. The van der Waals surface area contributed by atoms with E-state index in [0.29, 0.717) is 18.8 Å². The molecule has 2 saturated heterocycles. The van der Waals surface area contributed by atoms with Gasteiger partial charge in [0, 0.05) is 18.2 Å². The molecule has 0 aliphatic carbocycles. The summed E-state index contributed by atoms with van der Waals surface area (Å²) in [7, 11) is -0.502. The average Bonchev–Trinajstić information content (AvgIpc) is 3.03. The van der Waals surface area contributed by atoms with Crippen LogP contribution in [-0.4, -0.2) is 53.5 Å². The van der Waals surface area contributed by atoms with E-state index in [1.165, 1.54) is 0 Å². The van der Waals surface area contributed by atoms with Crippen LogP contribution >= 0.6 is 0 Å². The summed E-state index contributed by atoms with van der Waals surface area (Å²) in [5.74, 6) is 0.329. The highest BCUT2D eigenvalue weighted by Gasteiger charge is 2.51. The molecule has 9 heteroatoms. The fourth-order valence-electron chi connectivity index (χ4n) is 3.17. The van der Waals surface area contributed by atoms with Crippen LogP contribution in [0.2, 0.25) is 0 Å². The smallest absolute Gasteiger partial charge is 0.444 e. The summed E-state index contributed by atoms with van der Waals surface area (Å²) in [6, 6.07) is 3.01. The van der Waals surface area contributed by atoms with Crippen molar-refractivity contribution in [1.29, 1.82) is 0 Å². The minimum Gasteiger partial charge on any atom is -0.444 e. The van der Waals surface area contributed by atoms with Gasteiger partial charge in [0.05, 0.1) is 11.2 Å². The lowest BCUT2D eigenvalue weighted by Gasteiger charge is -2.32. The second-order valence-electron chi connectivity index (χ2n) is 9.52. The zero-order valence-electron chi connectivity index (χ0n) is 18.2. The van der Waals surface area contributed by atoms with Crippen LogP contribution in [-0.2, 0) is 18.8 Å². The summed E-state index contributed by atoms with van der Waals surface area (Å²) in [4.78, 5) is 30.6. The van der Waals surface area contributed by atoms with Crippen LogP contribution in [0, 0.1) is 0 Å². The van der Waals surface area contributed by atoms with Crippen LogP contribution < -0.4 is 15.7 Å². The monoisotopic (exact) mass is 403 g/mol. The molecule has 1 aromatic heterocycles. The van der Waals surface area contributed by atoms with Crippen molar-refractivity contribution in [3.8, 4) is 0 Å². The second kappa shape index (κ2) is 7.29. The van der Waals surface area contributed by atoms with Gasteiger partial charge >= 0.3 is 13.2 Å². The number of amides is 2. The first-order valence-electron chi connectivity index (χ1n) is 9.92. The van der Waals surface area contributed by atoms with Crippen molar-refractivity contribution >= 4 is 30.4 Å². The third-order valence-corrected chi connectivity index (χ3v) is 5.47. The molecule has 2 aliphatic heterocycles. The number of carbonyl (C=O) groups excluding carboxylic acids is 2. The Morgan fingerprint density at radius 2 is 1.86 bits per heavy atom. The van der Waals surface area contributed by atoms with Crippen molar-refractivity contribution in [3.05, 3.63) is 18.3 Å². The summed E-state index contributed by atoms with van der Waals surface area (Å²) in [5, 5.41) is 2.64. The number of hydrogen-bond donors (Lipinski definition) is 1. The molecule has 0 aromatic carbocycles. The van der Waals surface area contributed by atoms with E-state index < -0.39 is 36.1 Å². The molecule has 158 valence electrons. The van der Waals surface area contributed by atoms with Gasteiger partial charge in [0.25, 0.3) is 5.91 Å². The molecule has 0 unspecified atom stereocenters. The van der Waals surface area contributed by atoms with Crippen molar-refractivity contribution in [2.24, 2.45) is 0 Å². The lowest BCUT2D eigenvalue weighted by atomic mass is 9.80. The van der Waals surface area contributed by atoms with Crippen molar-refractivity contribution in [2.75, 3.05) is 11.4 Å². The molecular weight excluding hydrogens is 373 g/mol. The highest BCUT2D eigenvalue weighted by molar-refractivity contribution is 6.62. The van der Waals surface area contributed by atoms with Crippen LogP contribution in [0.3, 0.4) is 0 Å². The summed E-state index contributed by atoms with van der Waals surface area (Å²) in [5.41, 5.74) is -0.678. The van der Waals surface area contributed by atoms with E-state index in [1.54, 1.807) is 37.9 Å². The molecule has 0 radical (unpaired) electrons. The molecule has 3 heterocycles. The summed E-state index contributed by atoms with van der Waals surface area (Å²) < 4.78 is 17.3. The maximum absolute atomic E-state index is 12.7. The lowest BCUT2D eigenvalue weighted by molar-refractivity contribution is -0.118. The van der Waals surface area contributed by atoms with Gasteiger partial charge in [0.2, 0.25) is 0 Å². The van der Waals surface area contributed by atoms with E-state index >= 15 is 0 Å². The zero-order valence-corrected chi connectivity index (χ0v) is 18.2. The number of rotatable bonds is 3. The van der Waals surface area contributed by atoms with Gasteiger partial charge in [-0.3, -0.25) is 9.69 Å². The van der Waals surface area contributed by atoms with Gasteiger partial charge < -0.3 is 19.4 Å². The quantitative estimate of drug-likeness (QED) is 0.777. The van der Waals surface area contributed by atoms with Crippen molar-refractivity contribution in [2.45, 2.75) is 77.7 Å². The highest BCUT2D eigenvalue weighted by atomic mass is 16.7. The number of pyridine rings is 1. The van der Waals surface area contributed by atoms with E-state index in [1.807, 2.05) is 33.8 Å². The summed E-state index contributed by atoms with van der Waals surface area (Å²) in [6.07, 6.45) is 1.57. The van der Waals surface area contributed by atoms with Crippen molar-refractivity contribution in [3.63, 3.8) is 0 Å². The van der Waals surface area contributed by atoms with Gasteiger partial charge in [-0.05, 0) is 61.0 Å². The van der Waals surface area contributed by atoms with E-state index in [0.717, 1.165) is 5.46 Å². The highest BCUT2D eigenvalue weighted by Crippen LogP contribution is 2.36. The standard InChI is InChI=1S/C20H30BN3O5/c1-18(2,3)27-17(26)23-14-10-11-24(16(14)25)15-9-8-13(12-22-15)21-28-19(4,5)20(6,7)29-21/h8-9,12,14H,10-11H2,1-7H3,(H,23,26)/t14-/m0/s1. The van der Waals surface area contributed by atoms with Gasteiger partial charge in [-0.25, -0.2) is 9.78 Å². The number of anilines is 1. The zero-order chi connectivity index (χ0) is 21.6. The molecule has 8 nitrogen and oxygen atoms in total. The fourth-order valence-corrected chi connectivity index (χ4v) is 3.17. The van der Waals surface area contributed by atoms with Crippen LogP contribution in [0.25, 0.3) is 0 Å². The molecule has 1 aromatic rings. The Morgan fingerprint density at radius 1 is 1.24 bits per heavy atom. The van der Waals surface area contributed by atoms with Gasteiger partial charge in [0.1, 0.15) is 17.5 Å². The first-order valence-corrected chi connectivity index (χ1v) is 9.92. The maximum atomic E-state index is 12.7. The normalized spacial score (nSPS) is 23.4. The Hall–Kier alpha value is -2.13. The van der Waals surface area contributed by atoms with Crippen molar-refractivity contribution in [1.82, 2.24) is 10.3 Å². The number of nitrogens with one attached hydrogen (secondary N) is 1. The number of nitrogens with zero attached hydrogens (tertiary/aromatic N) is 2. The lowest BCUT2D eigenvalue weighted by Crippen LogP contribution is -2.44. The van der Waals surface area contributed by atoms with Crippen LogP contribution in [0.15, 0.2) is 18.3 Å². The molecule has 29 heavy (non-hydrogen) atoms. The predicted octanol–water partition coefficient (Wildman–Crippen LogP) is 2.01.